The third-order valence-electron chi connectivity index (χ3n) is 3.48. The number of ether oxygens (including phenoxy) is 1. The van der Waals surface area contributed by atoms with Gasteiger partial charge in [-0.3, -0.25) is 10.1 Å². The molecule has 0 saturated heterocycles. The van der Waals surface area contributed by atoms with E-state index in [1.807, 2.05) is 6.07 Å². The number of hydrogen-bond donors (Lipinski definition) is 2. The number of benzene rings is 2. The Morgan fingerprint density at radius 2 is 1.78 bits per heavy atom. The third-order valence-corrected chi connectivity index (χ3v) is 4.36. The number of thiazole rings is 1. The van der Waals surface area contributed by atoms with Gasteiger partial charge in [-0.2, -0.15) is 0 Å². The molecule has 138 valence electrons. The Morgan fingerprint density at radius 1 is 1.04 bits per heavy atom. The summed E-state index contributed by atoms with van der Waals surface area (Å²) in [6.45, 7) is 0. The largest absolute Gasteiger partial charge is 0.453 e. The summed E-state index contributed by atoms with van der Waals surface area (Å²) in [5.74, 6) is -2.80. The van der Waals surface area contributed by atoms with Crippen LogP contribution in [0.15, 0.2) is 48.5 Å². The van der Waals surface area contributed by atoms with Crippen LogP contribution in [-0.4, -0.2) is 24.1 Å². The fraction of sp³-hybridized carbons (Fsp3) is 0.0556. The highest BCUT2D eigenvalue weighted by Crippen LogP contribution is 2.36. The van der Waals surface area contributed by atoms with E-state index in [2.05, 4.69) is 20.4 Å². The molecule has 0 bridgehead atoms. The zero-order chi connectivity index (χ0) is 19.4. The predicted octanol–water partition coefficient (Wildman–Crippen LogP) is 4.52. The van der Waals surface area contributed by atoms with Gasteiger partial charge in [-0.05, 0) is 18.2 Å². The van der Waals surface area contributed by atoms with Crippen molar-refractivity contribution in [1.29, 1.82) is 0 Å². The number of hydrogen-bond acceptors (Lipinski definition) is 5. The topological polar surface area (TPSA) is 80.3 Å². The molecule has 0 aliphatic rings. The van der Waals surface area contributed by atoms with Crippen LogP contribution in [0.1, 0.15) is 10.4 Å². The minimum Gasteiger partial charge on any atom is -0.453 e. The fourth-order valence-electron chi connectivity index (χ4n) is 2.20. The zero-order valence-electron chi connectivity index (χ0n) is 14.0. The van der Waals surface area contributed by atoms with Gasteiger partial charge in [-0.15, -0.1) is 0 Å². The van der Waals surface area contributed by atoms with Crippen LogP contribution in [0.4, 0.5) is 23.7 Å². The van der Waals surface area contributed by atoms with Crippen LogP contribution in [-0.2, 0) is 4.74 Å². The van der Waals surface area contributed by atoms with Gasteiger partial charge in [0.2, 0.25) is 0 Å². The van der Waals surface area contributed by atoms with E-state index in [1.54, 1.807) is 24.3 Å². The maximum Gasteiger partial charge on any atom is 0.413 e. The van der Waals surface area contributed by atoms with E-state index in [1.165, 1.54) is 13.2 Å². The first-order valence-electron chi connectivity index (χ1n) is 7.65. The Labute approximate surface area is 156 Å². The monoisotopic (exact) mass is 389 g/mol. The Morgan fingerprint density at radius 3 is 2.44 bits per heavy atom. The van der Waals surface area contributed by atoms with Crippen molar-refractivity contribution in [3.05, 3.63) is 65.7 Å². The van der Waals surface area contributed by atoms with Gasteiger partial charge in [0.25, 0.3) is 5.91 Å². The van der Waals surface area contributed by atoms with Gasteiger partial charge in [0.15, 0.2) is 16.8 Å². The van der Waals surface area contributed by atoms with E-state index in [-0.39, 0.29) is 10.7 Å². The van der Waals surface area contributed by atoms with Crippen molar-refractivity contribution in [3.8, 4) is 11.3 Å². The molecule has 2 aromatic carbocycles. The average Bonchev–Trinajstić information content (AvgIpc) is 3.06. The summed E-state index contributed by atoms with van der Waals surface area (Å²) in [5.41, 5.74) is 1.07. The molecule has 3 aromatic rings. The average molecular weight is 389 g/mol. The van der Waals surface area contributed by atoms with Crippen molar-refractivity contribution in [2.45, 2.75) is 0 Å². The lowest BCUT2D eigenvalue weighted by atomic mass is 10.1. The summed E-state index contributed by atoms with van der Waals surface area (Å²) in [5, 5.41) is 5.60. The van der Waals surface area contributed by atoms with E-state index in [4.69, 9.17) is 0 Å². The maximum atomic E-state index is 13.4. The number of halogens is 2. The first-order valence-corrected chi connectivity index (χ1v) is 8.47. The van der Waals surface area contributed by atoms with Crippen molar-refractivity contribution in [2.75, 3.05) is 17.7 Å². The fourth-order valence-corrected chi connectivity index (χ4v) is 3.07. The van der Waals surface area contributed by atoms with E-state index in [0.717, 1.165) is 23.5 Å². The molecule has 2 amide bonds. The first-order chi connectivity index (χ1) is 13.0. The number of carbonyl (C=O) groups excluding carboxylic acids is 2. The summed E-state index contributed by atoms with van der Waals surface area (Å²) in [4.78, 5) is 28.1. The number of carbonyl (C=O) groups is 2. The highest BCUT2D eigenvalue weighted by atomic mass is 32.1. The second-order valence-corrected chi connectivity index (χ2v) is 6.26. The Balaban J connectivity index is 1.93. The summed E-state index contributed by atoms with van der Waals surface area (Å²) >= 11 is 1.01. The molecule has 0 aliphatic carbocycles. The molecular formula is C18H13F2N3O3S. The van der Waals surface area contributed by atoms with Gasteiger partial charge < -0.3 is 10.1 Å². The summed E-state index contributed by atoms with van der Waals surface area (Å²) < 4.78 is 31.0. The number of anilines is 2. The molecule has 0 atom stereocenters. The number of rotatable bonds is 4. The molecule has 3 rings (SSSR count). The number of aromatic nitrogens is 1. The molecule has 1 heterocycles. The van der Waals surface area contributed by atoms with Crippen molar-refractivity contribution >= 4 is 33.5 Å². The Hall–Kier alpha value is -3.33. The summed E-state index contributed by atoms with van der Waals surface area (Å²) in [6, 6.07) is 11.8. The van der Waals surface area contributed by atoms with Crippen LogP contribution in [0.2, 0.25) is 0 Å². The first kappa shape index (κ1) is 18.5. The van der Waals surface area contributed by atoms with Crippen LogP contribution in [0, 0.1) is 11.6 Å². The van der Waals surface area contributed by atoms with E-state index in [0.29, 0.717) is 16.3 Å². The zero-order valence-corrected chi connectivity index (χ0v) is 14.8. The van der Waals surface area contributed by atoms with Crippen molar-refractivity contribution in [3.63, 3.8) is 0 Å². The highest BCUT2D eigenvalue weighted by Gasteiger charge is 2.18. The lowest BCUT2D eigenvalue weighted by Gasteiger charge is -2.05. The normalized spacial score (nSPS) is 10.3. The smallest absolute Gasteiger partial charge is 0.413 e. The molecule has 9 heteroatoms. The van der Waals surface area contributed by atoms with Crippen LogP contribution in [0.3, 0.4) is 0 Å². The van der Waals surface area contributed by atoms with Crippen LogP contribution < -0.4 is 10.6 Å². The van der Waals surface area contributed by atoms with Crippen LogP contribution >= 0.6 is 11.3 Å². The second-order valence-electron chi connectivity index (χ2n) is 5.26. The van der Waals surface area contributed by atoms with Crippen molar-refractivity contribution < 1.29 is 23.1 Å². The molecular weight excluding hydrogens is 376 g/mol. The third kappa shape index (κ3) is 4.26. The Kier molecular flexibility index (Phi) is 5.41. The minimum absolute atomic E-state index is 0.0520. The highest BCUT2D eigenvalue weighted by molar-refractivity contribution is 7.20. The standard InChI is InChI=1S/C18H13F2N3O3S/c1-26-18(25)23-17-21-14(10-5-3-2-4-6-10)16(27-17)22-15(24)11-7-8-12(19)13(20)9-11/h2-9H,1H3,(H,22,24)(H,21,23,25). The summed E-state index contributed by atoms with van der Waals surface area (Å²) in [6.07, 6.45) is -0.707. The summed E-state index contributed by atoms with van der Waals surface area (Å²) in [7, 11) is 1.22. The van der Waals surface area contributed by atoms with E-state index < -0.39 is 23.6 Å². The van der Waals surface area contributed by atoms with Gasteiger partial charge in [-0.1, -0.05) is 41.7 Å². The van der Waals surface area contributed by atoms with E-state index >= 15 is 0 Å². The predicted molar refractivity (Wildman–Crippen MR) is 97.9 cm³/mol. The van der Waals surface area contributed by atoms with Crippen molar-refractivity contribution in [2.24, 2.45) is 0 Å². The van der Waals surface area contributed by atoms with Gasteiger partial charge >= 0.3 is 6.09 Å². The molecule has 0 saturated carbocycles. The molecule has 6 nitrogen and oxygen atoms in total. The molecule has 1 aromatic heterocycles. The number of nitrogens with zero attached hydrogens (tertiary/aromatic N) is 1. The van der Waals surface area contributed by atoms with Crippen LogP contribution in [0.5, 0.6) is 0 Å². The van der Waals surface area contributed by atoms with Crippen LogP contribution in [0.25, 0.3) is 11.3 Å². The minimum atomic E-state index is -1.12. The maximum absolute atomic E-state index is 13.4. The number of nitrogens with one attached hydrogen (secondary N) is 2. The SMILES string of the molecule is COC(=O)Nc1nc(-c2ccccc2)c(NC(=O)c2ccc(F)c(F)c2)s1. The molecule has 2 N–H and O–H groups in total. The van der Waals surface area contributed by atoms with Gasteiger partial charge in [-0.25, -0.2) is 18.6 Å². The molecule has 0 radical (unpaired) electrons. The lowest BCUT2D eigenvalue weighted by Crippen LogP contribution is -2.12. The van der Waals surface area contributed by atoms with Gasteiger partial charge in [0, 0.05) is 11.1 Å². The van der Waals surface area contributed by atoms with Gasteiger partial charge in [0.05, 0.1) is 7.11 Å². The second kappa shape index (κ2) is 7.92. The van der Waals surface area contributed by atoms with E-state index in [9.17, 15) is 18.4 Å². The molecule has 0 unspecified atom stereocenters. The lowest BCUT2D eigenvalue weighted by molar-refractivity contribution is 0.102. The van der Waals surface area contributed by atoms with Crippen molar-refractivity contribution in [1.82, 2.24) is 4.98 Å². The van der Waals surface area contributed by atoms with Gasteiger partial charge in [0.1, 0.15) is 10.7 Å². The Bertz CT molecular complexity index is 993. The molecule has 0 fully saturated rings. The molecule has 27 heavy (non-hydrogen) atoms. The quantitative estimate of drug-likeness (QED) is 0.688. The molecule has 0 spiro atoms. The number of methoxy groups -OCH3 is 1. The number of amides is 2. The molecule has 0 aliphatic heterocycles.